The van der Waals surface area contributed by atoms with E-state index in [0.717, 1.165) is 35.4 Å². The number of nitrogens with zero attached hydrogens (tertiary/aromatic N) is 2. The molecule has 0 aliphatic heterocycles. The van der Waals surface area contributed by atoms with Crippen molar-refractivity contribution in [3.8, 4) is 5.75 Å². The molecule has 2 N–H and O–H groups in total. The van der Waals surface area contributed by atoms with Crippen LogP contribution in [-0.2, 0) is 6.54 Å². The maximum atomic E-state index is 6.29. The lowest BCUT2D eigenvalue weighted by atomic mass is 10.0. The largest absolute Gasteiger partial charge is 0.496 e. The molecule has 19 heavy (non-hydrogen) atoms. The van der Waals surface area contributed by atoms with Gasteiger partial charge in [0, 0.05) is 18.3 Å². The van der Waals surface area contributed by atoms with Crippen LogP contribution in [0.3, 0.4) is 0 Å². The van der Waals surface area contributed by atoms with Crippen LogP contribution in [0.15, 0.2) is 30.6 Å². The molecule has 0 spiro atoms. The van der Waals surface area contributed by atoms with Crippen LogP contribution in [-0.4, -0.2) is 16.9 Å². The fraction of sp³-hybridized carbons (Fsp3) is 0.400. The molecule has 2 rings (SSSR count). The number of hydrogen-bond donors (Lipinski definition) is 1. The molecule has 102 valence electrons. The molecule has 0 saturated carbocycles. The number of nitrogens with two attached hydrogens (primary N) is 1. The third kappa shape index (κ3) is 2.96. The Balaban J connectivity index is 2.22. The van der Waals surface area contributed by atoms with E-state index in [0.29, 0.717) is 0 Å². The van der Waals surface area contributed by atoms with E-state index in [1.807, 2.05) is 36.1 Å². The van der Waals surface area contributed by atoms with Crippen molar-refractivity contribution in [2.45, 2.75) is 32.9 Å². The van der Waals surface area contributed by atoms with Crippen LogP contribution in [0.5, 0.6) is 5.75 Å². The van der Waals surface area contributed by atoms with E-state index in [4.69, 9.17) is 10.5 Å². The van der Waals surface area contributed by atoms with E-state index in [2.05, 4.69) is 18.1 Å². The Morgan fingerprint density at radius 1 is 1.37 bits per heavy atom. The quantitative estimate of drug-likeness (QED) is 0.898. The first-order chi connectivity index (χ1) is 9.15. The Bertz CT molecular complexity index is 548. The molecule has 1 aromatic carbocycles. The van der Waals surface area contributed by atoms with Crippen LogP contribution in [0.4, 0.5) is 0 Å². The van der Waals surface area contributed by atoms with Crippen LogP contribution < -0.4 is 10.5 Å². The van der Waals surface area contributed by atoms with Crippen molar-refractivity contribution >= 4 is 0 Å². The van der Waals surface area contributed by atoms with E-state index >= 15 is 0 Å². The molecule has 0 amide bonds. The second-order valence-electron chi connectivity index (χ2n) is 4.74. The Hall–Kier alpha value is -1.81. The molecule has 0 fully saturated rings. The third-order valence-electron chi connectivity index (χ3n) is 3.24. The SMILES string of the molecule is CCCn1cc(C(N)c2ccc(OC)c(C)c2)cn1. The molecule has 0 radical (unpaired) electrons. The van der Waals surface area contributed by atoms with Gasteiger partial charge in [-0.25, -0.2) is 0 Å². The number of rotatable bonds is 5. The zero-order valence-electron chi connectivity index (χ0n) is 11.8. The first-order valence-electron chi connectivity index (χ1n) is 6.58. The molecule has 0 aliphatic rings. The van der Waals surface area contributed by atoms with Gasteiger partial charge < -0.3 is 10.5 Å². The van der Waals surface area contributed by atoms with Crippen molar-refractivity contribution in [2.24, 2.45) is 5.73 Å². The Labute approximate surface area is 114 Å². The monoisotopic (exact) mass is 259 g/mol. The number of methoxy groups -OCH3 is 1. The molecule has 1 unspecified atom stereocenters. The van der Waals surface area contributed by atoms with E-state index in [9.17, 15) is 0 Å². The van der Waals surface area contributed by atoms with Gasteiger partial charge in [-0.05, 0) is 30.5 Å². The van der Waals surface area contributed by atoms with Gasteiger partial charge in [0.15, 0.2) is 0 Å². The summed E-state index contributed by atoms with van der Waals surface area (Å²) in [6.07, 6.45) is 4.94. The van der Waals surface area contributed by atoms with Gasteiger partial charge in [-0.3, -0.25) is 4.68 Å². The highest BCUT2D eigenvalue weighted by molar-refractivity contribution is 5.39. The molecule has 1 atom stereocenters. The highest BCUT2D eigenvalue weighted by Gasteiger charge is 2.12. The van der Waals surface area contributed by atoms with Gasteiger partial charge in [0.05, 0.1) is 19.3 Å². The highest BCUT2D eigenvalue weighted by atomic mass is 16.5. The van der Waals surface area contributed by atoms with Gasteiger partial charge in [0.25, 0.3) is 0 Å². The van der Waals surface area contributed by atoms with Crippen molar-refractivity contribution in [3.05, 3.63) is 47.3 Å². The lowest BCUT2D eigenvalue weighted by Gasteiger charge is -2.12. The average Bonchev–Trinajstić information content (AvgIpc) is 2.87. The van der Waals surface area contributed by atoms with Gasteiger partial charge in [-0.15, -0.1) is 0 Å². The van der Waals surface area contributed by atoms with Gasteiger partial charge >= 0.3 is 0 Å². The van der Waals surface area contributed by atoms with Gasteiger partial charge in [-0.1, -0.05) is 19.1 Å². The Kier molecular flexibility index (Phi) is 4.22. The maximum Gasteiger partial charge on any atom is 0.121 e. The summed E-state index contributed by atoms with van der Waals surface area (Å²) in [4.78, 5) is 0. The fourth-order valence-corrected chi connectivity index (χ4v) is 2.18. The van der Waals surface area contributed by atoms with Crippen LogP contribution in [0.2, 0.25) is 0 Å². The lowest BCUT2D eigenvalue weighted by molar-refractivity contribution is 0.411. The van der Waals surface area contributed by atoms with Crippen molar-refractivity contribution in [1.29, 1.82) is 0 Å². The normalized spacial score (nSPS) is 12.4. The second kappa shape index (κ2) is 5.89. The molecule has 2 aromatic rings. The highest BCUT2D eigenvalue weighted by Crippen LogP contribution is 2.25. The van der Waals surface area contributed by atoms with Gasteiger partial charge in [0.1, 0.15) is 5.75 Å². The lowest BCUT2D eigenvalue weighted by Crippen LogP contribution is -2.11. The average molecular weight is 259 g/mol. The molecule has 0 saturated heterocycles. The third-order valence-corrected chi connectivity index (χ3v) is 3.24. The minimum absolute atomic E-state index is 0.143. The standard InChI is InChI=1S/C15H21N3O/c1-4-7-18-10-13(9-17-18)15(16)12-5-6-14(19-3)11(2)8-12/h5-6,8-10,15H,4,7,16H2,1-3H3. The van der Waals surface area contributed by atoms with Crippen LogP contribution in [0.1, 0.15) is 36.1 Å². The van der Waals surface area contributed by atoms with Crippen molar-refractivity contribution in [3.63, 3.8) is 0 Å². The molecule has 1 aromatic heterocycles. The zero-order chi connectivity index (χ0) is 13.8. The first-order valence-corrected chi connectivity index (χ1v) is 6.58. The number of ether oxygens (including phenoxy) is 1. The van der Waals surface area contributed by atoms with E-state index in [1.54, 1.807) is 7.11 Å². The number of aryl methyl sites for hydroxylation is 2. The molecule has 0 bridgehead atoms. The summed E-state index contributed by atoms with van der Waals surface area (Å²) >= 11 is 0. The summed E-state index contributed by atoms with van der Waals surface area (Å²) in [6, 6.07) is 5.89. The van der Waals surface area contributed by atoms with Crippen molar-refractivity contribution in [1.82, 2.24) is 9.78 Å². The van der Waals surface area contributed by atoms with E-state index < -0.39 is 0 Å². The smallest absolute Gasteiger partial charge is 0.121 e. The molecular formula is C15H21N3O. The van der Waals surface area contributed by atoms with E-state index in [-0.39, 0.29) is 6.04 Å². The van der Waals surface area contributed by atoms with Crippen LogP contribution in [0, 0.1) is 6.92 Å². The fourth-order valence-electron chi connectivity index (χ4n) is 2.18. The minimum atomic E-state index is -0.143. The molecule has 4 heteroatoms. The van der Waals surface area contributed by atoms with Crippen molar-refractivity contribution in [2.75, 3.05) is 7.11 Å². The summed E-state index contributed by atoms with van der Waals surface area (Å²) in [5.41, 5.74) is 9.50. The summed E-state index contributed by atoms with van der Waals surface area (Å²) in [6.45, 7) is 5.08. The summed E-state index contributed by atoms with van der Waals surface area (Å²) in [5.74, 6) is 0.887. The predicted molar refractivity (Wildman–Crippen MR) is 76.3 cm³/mol. The summed E-state index contributed by atoms with van der Waals surface area (Å²) in [5, 5.41) is 4.32. The van der Waals surface area contributed by atoms with E-state index in [1.165, 1.54) is 0 Å². The summed E-state index contributed by atoms with van der Waals surface area (Å²) < 4.78 is 7.20. The number of hydrogen-bond acceptors (Lipinski definition) is 3. The minimum Gasteiger partial charge on any atom is -0.496 e. The molecule has 1 heterocycles. The molecular weight excluding hydrogens is 238 g/mol. The van der Waals surface area contributed by atoms with Gasteiger partial charge in [-0.2, -0.15) is 5.10 Å². The molecule has 0 aliphatic carbocycles. The van der Waals surface area contributed by atoms with Crippen LogP contribution >= 0.6 is 0 Å². The van der Waals surface area contributed by atoms with Crippen LogP contribution in [0.25, 0.3) is 0 Å². The topological polar surface area (TPSA) is 53.1 Å². The predicted octanol–water partition coefficient (Wildman–Crippen LogP) is 2.66. The summed E-state index contributed by atoms with van der Waals surface area (Å²) in [7, 11) is 1.68. The first kappa shape index (κ1) is 13.6. The van der Waals surface area contributed by atoms with Crippen molar-refractivity contribution < 1.29 is 4.74 Å². The van der Waals surface area contributed by atoms with Gasteiger partial charge in [0.2, 0.25) is 0 Å². The second-order valence-corrected chi connectivity index (χ2v) is 4.74. The molecule has 4 nitrogen and oxygen atoms in total. The zero-order valence-corrected chi connectivity index (χ0v) is 11.8. The number of benzene rings is 1. The maximum absolute atomic E-state index is 6.29. The number of aromatic nitrogens is 2. The Morgan fingerprint density at radius 2 is 2.16 bits per heavy atom. The Morgan fingerprint density at radius 3 is 2.79 bits per heavy atom.